The maximum absolute atomic E-state index is 11.4. The Morgan fingerprint density at radius 3 is 2.75 bits per heavy atom. The van der Waals surface area contributed by atoms with Crippen LogP contribution >= 0.6 is 0 Å². The fraction of sp³-hybridized carbons (Fsp3) is 0.933. The van der Waals surface area contributed by atoms with Crippen LogP contribution in [0.5, 0.6) is 0 Å². The average Bonchev–Trinajstić information content (AvgIpc) is 2.80. The summed E-state index contributed by atoms with van der Waals surface area (Å²) in [4.78, 5) is 16.3. The lowest BCUT2D eigenvalue weighted by Gasteiger charge is -2.28. The van der Waals surface area contributed by atoms with E-state index < -0.39 is 0 Å². The van der Waals surface area contributed by atoms with E-state index in [1.165, 1.54) is 19.4 Å². The number of hydrogen-bond donors (Lipinski definition) is 2. The minimum Gasteiger partial charge on any atom is -0.368 e. The zero-order valence-corrected chi connectivity index (χ0v) is 13.6. The molecule has 0 bridgehead atoms. The molecular formula is C15H32N4O. The number of carbonyl (C=O) groups excluding carboxylic acids is 1. The summed E-state index contributed by atoms with van der Waals surface area (Å²) in [5.41, 5.74) is 5.45. The van der Waals surface area contributed by atoms with Crippen molar-refractivity contribution in [1.29, 1.82) is 0 Å². The molecule has 2 atom stereocenters. The molecule has 3 N–H and O–H groups in total. The lowest BCUT2D eigenvalue weighted by atomic mass is 10.1. The number of carbonyl (C=O) groups is 1. The van der Waals surface area contributed by atoms with Gasteiger partial charge in [-0.05, 0) is 45.9 Å². The molecular weight excluding hydrogens is 252 g/mol. The Morgan fingerprint density at radius 2 is 2.20 bits per heavy atom. The first-order valence-corrected chi connectivity index (χ1v) is 7.92. The molecule has 118 valence electrons. The van der Waals surface area contributed by atoms with Crippen molar-refractivity contribution in [2.45, 2.75) is 58.2 Å². The number of nitrogens with one attached hydrogen (secondary N) is 1. The fourth-order valence-corrected chi connectivity index (χ4v) is 3.03. The Labute approximate surface area is 123 Å². The minimum absolute atomic E-state index is 0.219. The number of likely N-dealkylation sites (N-methyl/N-ethyl adjacent to an activating group) is 2. The number of likely N-dealkylation sites (tertiary alicyclic amines) is 1. The number of nitrogens with zero attached hydrogens (tertiary/aromatic N) is 2. The molecule has 0 aromatic heterocycles. The highest BCUT2D eigenvalue weighted by molar-refractivity contribution is 5.79. The monoisotopic (exact) mass is 284 g/mol. The second-order valence-electron chi connectivity index (χ2n) is 6.25. The van der Waals surface area contributed by atoms with Gasteiger partial charge in [0.05, 0.1) is 6.04 Å². The highest BCUT2D eigenvalue weighted by Gasteiger charge is 2.24. The van der Waals surface area contributed by atoms with Gasteiger partial charge in [-0.2, -0.15) is 0 Å². The number of primary amides is 1. The molecule has 1 heterocycles. The topological polar surface area (TPSA) is 61.6 Å². The first kappa shape index (κ1) is 17.4. The van der Waals surface area contributed by atoms with E-state index in [0.717, 1.165) is 26.1 Å². The van der Waals surface area contributed by atoms with Crippen LogP contribution in [-0.4, -0.2) is 67.1 Å². The molecule has 0 radical (unpaired) electrons. The Kier molecular flexibility index (Phi) is 7.48. The third-order valence-electron chi connectivity index (χ3n) is 4.11. The van der Waals surface area contributed by atoms with Crippen molar-refractivity contribution in [3.05, 3.63) is 0 Å². The van der Waals surface area contributed by atoms with Crippen molar-refractivity contribution in [1.82, 2.24) is 15.1 Å². The number of hydrogen-bond acceptors (Lipinski definition) is 4. The molecule has 1 rings (SSSR count). The van der Waals surface area contributed by atoms with E-state index in [-0.39, 0.29) is 18.0 Å². The van der Waals surface area contributed by atoms with Crippen LogP contribution in [0.1, 0.15) is 40.0 Å². The Hall–Kier alpha value is -0.650. The predicted molar refractivity (Wildman–Crippen MR) is 83.6 cm³/mol. The summed E-state index contributed by atoms with van der Waals surface area (Å²) in [5, 5.41) is 3.24. The smallest absolute Gasteiger partial charge is 0.234 e. The lowest BCUT2D eigenvalue weighted by Crippen LogP contribution is -2.47. The van der Waals surface area contributed by atoms with Gasteiger partial charge < -0.3 is 16.0 Å². The van der Waals surface area contributed by atoms with E-state index in [4.69, 9.17) is 5.73 Å². The van der Waals surface area contributed by atoms with Gasteiger partial charge in [0.1, 0.15) is 0 Å². The van der Waals surface area contributed by atoms with Gasteiger partial charge >= 0.3 is 0 Å². The largest absolute Gasteiger partial charge is 0.368 e. The summed E-state index contributed by atoms with van der Waals surface area (Å²) in [6.07, 6.45) is 3.38. The standard InChI is InChI=1S/C15H32N4O/c1-5-19-9-6-7-13(19)11-18(4)10-8-14(15(16)20)17-12(2)3/h12-14,17H,5-11H2,1-4H3,(H2,16,20). The Balaban J connectivity index is 2.33. The van der Waals surface area contributed by atoms with Gasteiger partial charge in [0.2, 0.25) is 5.91 Å². The summed E-state index contributed by atoms with van der Waals surface area (Å²) in [6.45, 7) is 10.7. The van der Waals surface area contributed by atoms with Crippen molar-refractivity contribution < 1.29 is 4.79 Å². The second kappa shape index (κ2) is 8.60. The molecule has 1 aliphatic rings. The first-order chi connectivity index (χ1) is 9.43. The fourth-order valence-electron chi connectivity index (χ4n) is 3.03. The molecule has 1 fully saturated rings. The summed E-state index contributed by atoms with van der Waals surface area (Å²) < 4.78 is 0. The molecule has 1 amide bonds. The Bertz CT molecular complexity index is 296. The summed E-state index contributed by atoms with van der Waals surface area (Å²) >= 11 is 0. The molecule has 0 saturated carbocycles. The minimum atomic E-state index is -0.247. The van der Waals surface area contributed by atoms with Gasteiger partial charge in [-0.1, -0.05) is 20.8 Å². The van der Waals surface area contributed by atoms with Crippen LogP contribution < -0.4 is 11.1 Å². The van der Waals surface area contributed by atoms with Crippen molar-refractivity contribution in [3.63, 3.8) is 0 Å². The summed E-state index contributed by atoms with van der Waals surface area (Å²) in [6, 6.07) is 0.738. The van der Waals surface area contributed by atoms with E-state index in [0.29, 0.717) is 6.04 Å². The van der Waals surface area contributed by atoms with Gasteiger partial charge in [-0.25, -0.2) is 0 Å². The lowest BCUT2D eigenvalue weighted by molar-refractivity contribution is -0.120. The molecule has 5 heteroatoms. The molecule has 1 aliphatic heterocycles. The number of nitrogens with two attached hydrogens (primary N) is 1. The van der Waals surface area contributed by atoms with Crippen molar-refractivity contribution in [2.24, 2.45) is 5.73 Å². The molecule has 0 aliphatic carbocycles. The zero-order valence-electron chi connectivity index (χ0n) is 13.6. The normalized spacial score (nSPS) is 21.8. The van der Waals surface area contributed by atoms with Crippen LogP contribution in [0.25, 0.3) is 0 Å². The zero-order chi connectivity index (χ0) is 15.1. The molecule has 1 saturated heterocycles. The second-order valence-corrected chi connectivity index (χ2v) is 6.25. The highest BCUT2D eigenvalue weighted by atomic mass is 16.1. The SMILES string of the molecule is CCN1CCCC1CN(C)CCC(NC(C)C)C(N)=O. The van der Waals surface area contributed by atoms with E-state index >= 15 is 0 Å². The van der Waals surface area contributed by atoms with Gasteiger partial charge in [0, 0.05) is 18.6 Å². The molecule has 2 unspecified atom stereocenters. The van der Waals surface area contributed by atoms with Gasteiger partial charge in [0.25, 0.3) is 0 Å². The van der Waals surface area contributed by atoms with Crippen LogP contribution in [0.15, 0.2) is 0 Å². The first-order valence-electron chi connectivity index (χ1n) is 7.92. The van der Waals surface area contributed by atoms with Crippen molar-refractivity contribution >= 4 is 5.91 Å². The molecule has 0 aromatic rings. The maximum atomic E-state index is 11.4. The van der Waals surface area contributed by atoms with Crippen LogP contribution in [0.4, 0.5) is 0 Å². The summed E-state index contributed by atoms with van der Waals surface area (Å²) in [7, 11) is 2.14. The molecule has 5 nitrogen and oxygen atoms in total. The van der Waals surface area contributed by atoms with Gasteiger partial charge in [-0.15, -0.1) is 0 Å². The molecule has 0 aromatic carbocycles. The van der Waals surface area contributed by atoms with Crippen LogP contribution in [0.3, 0.4) is 0 Å². The third kappa shape index (κ3) is 5.77. The van der Waals surface area contributed by atoms with Crippen molar-refractivity contribution in [3.8, 4) is 0 Å². The maximum Gasteiger partial charge on any atom is 0.234 e. The van der Waals surface area contributed by atoms with E-state index in [1.807, 2.05) is 13.8 Å². The van der Waals surface area contributed by atoms with Gasteiger partial charge in [0.15, 0.2) is 0 Å². The number of amides is 1. The quantitative estimate of drug-likeness (QED) is 0.652. The van der Waals surface area contributed by atoms with E-state index in [9.17, 15) is 4.79 Å². The highest BCUT2D eigenvalue weighted by Crippen LogP contribution is 2.17. The molecule has 0 spiro atoms. The average molecular weight is 284 g/mol. The van der Waals surface area contributed by atoms with Crippen LogP contribution in [-0.2, 0) is 4.79 Å². The summed E-state index contributed by atoms with van der Waals surface area (Å²) in [5.74, 6) is -0.247. The van der Waals surface area contributed by atoms with Crippen LogP contribution in [0, 0.1) is 0 Å². The van der Waals surface area contributed by atoms with Gasteiger partial charge in [-0.3, -0.25) is 9.69 Å². The number of rotatable bonds is 9. The molecule has 20 heavy (non-hydrogen) atoms. The van der Waals surface area contributed by atoms with Crippen LogP contribution in [0.2, 0.25) is 0 Å². The predicted octanol–water partition coefficient (Wildman–Crippen LogP) is 0.645. The Morgan fingerprint density at radius 1 is 1.50 bits per heavy atom. The van der Waals surface area contributed by atoms with E-state index in [2.05, 4.69) is 29.1 Å². The third-order valence-corrected chi connectivity index (χ3v) is 4.11. The van der Waals surface area contributed by atoms with E-state index in [1.54, 1.807) is 0 Å². The van der Waals surface area contributed by atoms with Crippen molar-refractivity contribution in [2.75, 3.05) is 33.2 Å².